The minimum Gasteiger partial charge on any atom is -0.383 e. The fraction of sp³-hybridized carbons (Fsp3) is 0.130. The van der Waals surface area contributed by atoms with Crippen LogP contribution in [0.5, 0.6) is 0 Å². The molecule has 168 valence electrons. The molecule has 0 aliphatic rings. The van der Waals surface area contributed by atoms with Crippen molar-refractivity contribution in [1.29, 1.82) is 0 Å². The number of carbonyl (C=O) groups is 2. The van der Waals surface area contributed by atoms with Gasteiger partial charge in [0.25, 0.3) is 0 Å². The van der Waals surface area contributed by atoms with Gasteiger partial charge in [-0.2, -0.15) is 0 Å². The van der Waals surface area contributed by atoms with E-state index in [1.54, 1.807) is 24.4 Å². The Morgan fingerprint density at radius 3 is 2.39 bits per heavy atom. The maximum absolute atomic E-state index is 13.3. The number of anilines is 3. The first-order valence-electron chi connectivity index (χ1n) is 10.0. The van der Waals surface area contributed by atoms with E-state index in [1.807, 2.05) is 18.4 Å². The number of benzene rings is 2. The maximum Gasteiger partial charge on any atom is 0.323 e. The minimum absolute atomic E-state index is 0.0349. The molecular weight excluding hydrogens is 430 g/mol. The van der Waals surface area contributed by atoms with Crippen LogP contribution in [0.25, 0.3) is 11.0 Å². The summed E-state index contributed by atoms with van der Waals surface area (Å²) in [6.45, 7) is 3.92. The quantitative estimate of drug-likeness (QED) is 0.380. The van der Waals surface area contributed by atoms with Crippen molar-refractivity contribution in [2.24, 2.45) is 0 Å². The molecule has 0 bridgehead atoms. The second kappa shape index (κ2) is 8.65. The molecule has 2 amide bonds. The van der Waals surface area contributed by atoms with Gasteiger partial charge in [-0.15, -0.1) is 0 Å². The van der Waals surface area contributed by atoms with Gasteiger partial charge in [-0.25, -0.2) is 23.5 Å². The van der Waals surface area contributed by atoms with Gasteiger partial charge in [-0.3, -0.25) is 4.79 Å². The molecule has 0 aliphatic heterocycles. The van der Waals surface area contributed by atoms with Gasteiger partial charge in [0.2, 0.25) is 0 Å². The van der Waals surface area contributed by atoms with Crippen molar-refractivity contribution in [2.75, 3.05) is 16.4 Å². The fourth-order valence-corrected chi connectivity index (χ4v) is 3.49. The Balaban J connectivity index is 1.60. The lowest BCUT2D eigenvalue weighted by molar-refractivity contribution is 0.104. The molecule has 4 aromatic rings. The Hall–Kier alpha value is -4.34. The molecule has 33 heavy (non-hydrogen) atoms. The van der Waals surface area contributed by atoms with Crippen LogP contribution < -0.4 is 16.4 Å². The molecule has 0 unspecified atom stereocenters. The second-order valence-corrected chi connectivity index (χ2v) is 7.65. The topological polar surface area (TPSA) is 115 Å². The third-order valence-corrected chi connectivity index (χ3v) is 4.94. The smallest absolute Gasteiger partial charge is 0.323 e. The van der Waals surface area contributed by atoms with Crippen molar-refractivity contribution in [3.05, 3.63) is 77.8 Å². The predicted octanol–water partition coefficient (Wildman–Crippen LogP) is 4.75. The average Bonchev–Trinajstić information content (AvgIpc) is 3.14. The monoisotopic (exact) mass is 450 g/mol. The van der Waals surface area contributed by atoms with Crippen LogP contribution in [-0.4, -0.2) is 26.3 Å². The number of hydrogen-bond donors (Lipinski definition) is 3. The number of nitrogens with zero attached hydrogens (tertiary/aromatic N) is 3. The molecule has 10 heteroatoms. The van der Waals surface area contributed by atoms with Crippen LogP contribution in [0.2, 0.25) is 0 Å². The van der Waals surface area contributed by atoms with Crippen LogP contribution in [0, 0.1) is 11.6 Å². The maximum atomic E-state index is 13.3. The lowest BCUT2D eigenvalue weighted by Crippen LogP contribution is -2.19. The molecule has 8 nitrogen and oxygen atoms in total. The zero-order valence-electron chi connectivity index (χ0n) is 17.8. The molecule has 0 saturated carbocycles. The molecule has 0 atom stereocenters. The van der Waals surface area contributed by atoms with Gasteiger partial charge in [0, 0.05) is 35.2 Å². The third kappa shape index (κ3) is 4.49. The van der Waals surface area contributed by atoms with Crippen molar-refractivity contribution in [2.45, 2.75) is 19.9 Å². The van der Waals surface area contributed by atoms with Crippen molar-refractivity contribution in [3.63, 3.8) is 0 Å². The number of rotatable bonds is 5. The highest BCUT2D eigenvalue weighted by Gasteiger charge is 2.21. The van der Waals surface area contributed by atoms with E-state index in [-0.39, 0.29) is 23.3 Å². The highest BCUT2D eigenvalue weighted by atomic mass is 19.1. The van der Waals surface area contributed by atoms with E-state index in [1.165, 1.54) is 12.4 Å². The van der Waals surface area contributed by atoms with Crippen LogP contribution >= 0.6 is 0 Å². The standard InChI is InChI=1S/C23H20F2N6O2/c1-12(2)31-10-18(19-21(26)27-11-28-22(19)31)20(32)13-4-3-5-16(6-13)29-23(33)30-17-8-14(24)7-15(25)9-17/h3-12H,1-2H3,(H2,26,27,28)(H2,29,30,33). The number of fused-ring (bicyclic) bond motifs is 1. The number of carbonyl (C=O) groups excluding carboxylic acids is 2. The first kappa shape index (κ1) is 21.9. The summed E-state index contributed by atoms with van der Waals surface area (Å²) in [6.07, 6.45) is 3.03. The Morgan fingerprint density at radius 1 is 1.00 bits per heavy atom. The molecule has 0 radical (unpaired) electrons. The number of nitrogens with two attached hydrogens (primary N) is 1. The molecule has 4 N–H and O–H groups in total. The van der Waals surface area contributed by atoms with Crippen molar-refractivity contribution >= 4 is 40.0 Å². The van der Waals surface area contributed by atoms with Crippen LogP contribution in [0.15, 0.2) is 55.0 Å². The van der Waals surface area contributed by atoms with Crippen LogP contribution in [0.4, 0.5) is 30.8 Å². The van der Waals surface area contributed by atoms with E-state index in [2.05, 4.69) is 20.6 Å². The summed E-state index contributed by atoms with van der Waals surface area (Å²) >= 11 is 0. The third-order valence-electron chi connectivity index (χ3n) is 4.94. The van der Waals surface area contributed by atoms with Gasteiger partial charge in [0.15, 0.2) is 5.78 Å². The zero-order valence-corrected chi connectivity index (χ0v) is 17.8. The second-order valence-electron chi connectivity index (χ2n) is 7.65. The Labute approximate surface area is 187 Å². The SMILES string of the molecule is CC(C)n1cc(C(=O)c2cccc(NC(=O)Nc3cc(F)cc(F)c3)c2)c2c(N)ncnc21. The summed E-state index contributed by atoms with van der Waals surface area (Å²) in [6, 6.07) is 8.26. The zero-order chi connectivity index (χ0) is 23.7. The number of amides is 2. The van der Waals surface area contributed by atoms with Crippen LogP contribution in [0.1, 0.15) is 35.8 Å². The van der Waals surface area contributed by atoms with Gasteiger partial charge < -0.3 is 20.9 Å². The first-order valence-corrected chi connectivity index (χ1v) is 10.0. The molecule has 0 aliphatic carbocycles. The lowest BCUT2D eigenvalue weighted by atomic mass is 10.0. The Kier molecular flexibility index (Phi) is 5.74. The van der Waals surface area contributed by atoms with Crippen LogP contribution in [0.3, 0.4) is 0 Å². The van der Waals surface area contributed by atoms with Crippen molar-refractivity contribution < 1.29 is 18.4 Å². The molecule has 2 aromatic heterocycles. The highest BCUT2D eigenvalue weighted by molar-refractivity contribution is 6.18. The minimum atomic E-state index is -0.818. The van der Waals surface area contributed by atoms with E-state index in [0.717, 1.165) is 12.1 Å². The van der Waals surface area contributed by atoms with Crippen molar-refractivity contribution in [3.8, 4) is 0 Å². The number of nitrogens with one attached hydrogen (secondary N) is 2. The number of urea groups is 1. The number of hydrogen-bond acceptors (Lipinski definition) is 5. The van der Waals surface area contributed by atoms with E-state index in [0.29, 0.717) is 33.9 Å². The highest BCUT2D eigenvalue weighted by Crippen LogP contribution is 2.29. The predicted molar refractivity (Wildman–Crippen MR) is 121 cm³/mol. The molecule has 0 spiro atoms. The summed E-state index contributed by atoms with van der Waals surface area (Å²) in [5, 5.41) is 5.35. The summed E-state index contributed by atoms with van der Waals surface area (Å²) in [5.74, 6) is -1.76. The summed E-state index contributed by atoms with van der Waals surface area (Å²) < 4.78 is 28.5. The van der Waals surface area contributed by atoms with E-state index < -0.39 is 17.7 Å². The largest absolute Gasteiger partial charge is 0.383 e. The van der Waals surface area contributed by atoms with E-state index in [9.17, 15) is 18.4 Å². The summed E-state index contributed by atoms with van der Waals surface area (Å²) in [4.78, 5) is 33.9. The molecule has 0 saturated heterocycles. The van der Waals surface area contributed by atoms with Gasteiger partial charge in [-0.05, 0) is 38.1 Å². The van der Waals surface area contributed by atoms with Gasteiger partial charge in [0.1, 0.15) is 29.4 Å². The Bertz CT molecular complexity index is 1360. The van der Waals surface area contributed by atoms with Gasteiger partial charge in [0.05, 0.1) is 10.9 Å². The average molecular weight is 450 g/mol. The normalized spacial score (nSPS) is 11.1. The number of nitrogen functional groups attached to an aromatic ring is 1. The molecule has 2 heterocycles. The lowest BCUT2D eigenvalue weighted by Gasteiger charge is -2.09. The van der Waals surface area contributed by atoms with Crippen LogP contribution in [-0.2, 0) is 0 Å². The number of aromatic nitrogens is 3. The van der Waals surface area contributed by atoms with Gasteiger partial charge in [-0.1, -0.05) is 12.1 Å². The Morgan fingerprint density at radius 2 is 1.70 bits per heavy atom. The van der Waals surface area contributed by atoms with E-state index in [4.69, 9.17) is 5.73 Å². The first-order chi connectivity index (χ1) is 15.7. The molecule has 2 aromatic carbocycles. The van der Waals surface area contributed by atoms with Gasteiger partial charge >= 0.3 is 6.03 Å². The number of halogens is 2. The fourth-order valence-electron chi connectivity index (χ4n) is 3.49. The molecule has 4 rings (SSSR count). The summed E-state index contributed by atoms with van der Waals surface area (Å²) in [5.41, 5.74) is 7.50. The molecule has 0 fully saturated rings. The molecular formula is C23H20F2N6O2. The number of ketones is 1. The summed E-state index contributed by atoms with van der Waals surface area (Å²) in [7, 11) is 0. The van der Waals surface area contributed by atoms with Crippen molar-refractivity contribution in [1.82, 2.24) is 14.5 Å². The van der Waals surface area contributed by atoms with E-state index >= 15 is 0 Å².